The molecule has 3 aromatic rings. The van der Waals surface area contributed by atoms with Gasteiger partial charge in [-0.15, -0.1) is 13.2 Å². The van der Waals surface area contributed by atoms with Crippen LogP contribution in [0.15, 0.2) is 54.6 Å². The number of aromatic nitrogens is 2. The normalized spacial score (nSPS) is 15.0. The lowest BCUT2D eigenvalue weighted by Gasteiger charge is -2.19. The highest BCUT2D eigenvalue weighted by molar-refractivity contribution is 5.94. The standard InChI is InChI=1S/C28H30F3N3O5/c1-38-27(37)25(35)16-32-26(36)21-9-7-18(8-10-21)17-34-24(15-23(33-34)19-5-3-2-4-6-19)20-11-13-22(14-12-20)39-28(29,30)31/h7-15,19,25,35H,2-6,16-17H2,1H3,(H,32,36). The smallest absolute Gasteiger partial charge is 0.467 e. The van der Waals surface area contributed by atoms with Crippen LogP contribution in [0.3, 0.4) is 0 Å². The number of rotatable bonds is 9. The first-order valence-electron chi connectivity index (χ1n) is 12.7. The van der Waals surface area contributed by atoms with E-state index < -0.39 is 24.3 Å². The van der Waals surface area contributed by atoms with Crippen LogP contribution in [-0.4, -0.2) is 52.9 Å². The molecule has 1 aromatic heterocycles. The number of carbonyl (C=O) groups excluding carboxylic acids is 2. The fourth-order valence-electron chi connectivity index (χ4n) is 4.66. The minimum atomic E-state index is -4.76. The van der Waals surface area contributed by atoms with Crippen molar-refractivity contribution in [3.8, 4) is 17.0 Å². The van der Waals surface area contributed by atoms with Gasteiger partial charge in [-0.2, -0.15) is 5.10 Å². The molecule has 0 bridgehead atoms. The Balaban J connectivity index is 1.52. The van der Waals surface area contributed by atoms with E-state index in [4.69, 9.17) is 5.10 Å². The number of amides is 1. The number of aliphatic hydroxyl groups excluding tert-OH is 1. The lowest BCUT2D eigenvalue weighted by Crippen LogP contribution is -2.37. The summed E-state index contributed by atoms with van der Waals surface area (Å²) in [6, 6.07) is 14.5. The summed E-state index contributed by atoms with van der Waals surface area (Å²) in [4.78, 5) is 23.7. The molecule has 1 heterocycles. The van der Waals surface area contributed by atoms with Crippen molar-refractivity contribution in [3.63, 3.8) is 0 Å². The molecular weight excluding hydrogens is 515 g/mol. The summed E-state index contributed by atoms with van der Waals surface area (Å²) < 4.78 is 48.0. The van der Waals surface area contributed by atoms with E-state index in [1.54, 1.807) is 36.4 Å². The van der Waals surface area contributed by atoms with E-state index in [0.29, 0.717) is 23.6 Å². The molecule has 0 radical (unpaired) electrons. The number of benzene rings is 2. The monoisotopic (exact) mass is 545 g/mol. The number of carbonyl (C=O) groups is 2. The average molecular weight is 546 g/mol. The topological polar surface area (TPSA) is 103 Å². The number of hydrogen-bond acceptors (Lipinski definition) is 6. The zero-order valence-corrected chi connectivity index (χ0v) is 21.4. The largest absolute Gasteiger partial charge is 0.573 e. The molecule has 4 rings (SSSR count). The van der Waals surface area contributed by atoms with Gasteiger partial charge in [0, 0.05) is 17.0 Å². The van der Waals surface area contributed by atoms with Gasteiger partial charge < -0.3 is 19.9 Å². The second kappa shape index (κ2) is 12.3. The van der Waals surface area contributed by atoms with E-state index in [9.17, 15) is 27.9 Å². The fraction of sp³-hybridized carbons (Fsp3) is 0.393. The van der Waals surface area contributed by atoms with Gasteiger partial charge in [-0.05, 0) is 60.9 Å². The average Bonchev–Trinajstić information content (AvgIpc) is 3.35. The van der Waals surface area contributed by atoms with Crippen molar-refractivity contribution < 1.29 is 37.3 Å². The van der Waals surface area contributed by atoms with Gasteiger partial charge in [0.1, 0.15) is 5.75 Å². The molecule has 1 aliphatic carbocycles. The SMILES string of the molecule is COC(=O)C(O)CNC(=O)c1ccc(Cn2nc(C3CCCCC3)cc2-c2ccc(OC(F)(F)F)cc2)cc1. The number of aliphatic hydroxyl groups is 1. The molecule has 1 amide bonds. The van der Waals surface area contributed by atoms with Gasteiger partial charge in [0.25, 0.3) is 5.91 Å². The number of nitrogens with one attached hydrogen (secondary N) is 1. The lowest BCUT2D eigenvalue weighted by molar-refractivity contribution is -0.274. The number of nitrogens with zero attached hydrogens (tertiary/aromatic N) is 2. The molecule has 1 fully saturated rings. The van der Waals surface area contributed by atoms with Gasteiger partial charge in [0.15, 0.2) is 6.10 Å². The summed E-state index contributed by atoms with van der Waals surface area (Å²) in [6.07, 6.45) is -0.656. The Morgan fingerprint density at radius 1 is 1.08 bits per heavy atom. The minimum Gasteiger partial charge on any atom is -0.467 e. The maximum absolute atomic E-state index is 12.6. The first-order valence-corrected chi connectivity index (χ1v) is 12.7. The third kappa shape index (κ3) is 7.60. The number of hydrogen-bond donors (Lipinski definition) is 2. The molecule has 1 aliphatic rings. The number of halogens is 3. The van der Waals surface area contributed by atoms with Gasteiger partial charge in [-0.1, -0.05) is 31.4 Å². The first-order chi connectivity index (χ1) is 18.6. The predicted molar refractivity (Wildman–Crippen MR) is 136 cm³/mol. The zero-order chi connectivity index (χ0) is 28.0. The molecule has 39 heavy (non-hydrogen) atoms. The fourth-order valence-corrected chi connectivity index (χ4v) is 4.66. The van der Waals surface area contributed by atoms with Crippen LogP contribution >= 0.6 is 0 Å². The molecule has 208 valence electrons. The molecule has 1 atom stereocenters. The maximum Gasteiger partial charge on any atom is 0.573 e. The Hall–Kier alpha value is -3.86. The van der Waals surface area contributed by atoms with Crippen LogP contribution in [0.5, 0.6) is 5.75 Å². The van der Waals surface area contributed by atoms with Crippen LogP contribution in [0, 0.1) is 0 Å². The second-order valence-electron chi connectivity index (χ2n) is 9.47. The molecule has 1 unspecified atom stereocenters. The Bertz CT molecular complexity index is 1270. The van der Waals surface area contributed by atoms with E-state index in [1.165, 1.54) is 18.6 Å². The van der Waals surface area contributed by atoms with E-state index in [-0.39, 0.29) is 12.3 Å². The van der Waals surface area contributed by atoms with Crippen LogP contribution in [0.1, 0.15) is 59.6 Å². The third-order valence-corrected chi connectivity index (χ3v) is 6.68. The van der Waals surface area contributed by atoms with Crippen molar-refractivity contribution in [2.45, 2.75) is 57.0 Å². The van der Waals surface area contributed by atoms with Gasteiger partial charge in [0.2, 0.25) is 0 Å². The van der Waals surface area contributed by atoms with E-state index in [1.807, 2.05) is 10.7 Å². The molecule has 1 saturated carbocycles. The number of alkyl halides is 3. The predicted octanol–water partition coefficient (Wildman–Crippen LogP) is 4.81. The molecular formula is C28H30F3N3O5. The zero-order valence-electron chi connectivity index (χ0n) is 21.4. The number of esters is 1. The highest BCUT2D eigenvalue weighted by atomic mass is 19.4. The van der Waals surface area contributed by atoms with Crippen molar-refractivity contribution >= 4 is 11.9 Å². The van der Waals surface area contributed by atoms with Crippen LogP contribution in [-0.2, 0) is 16.1 Å². The summed E-state index contributed by atoms with van der Waals surface area (Å²) in [5.74, 6) is -1.25. The van der Waals surface area contributed by atoms with Crippen LogP contribution in [0.25, 0.3) is 11.3 Å². The third-order valence-electron chi connectivity index (χ3n) is 6.68. The molecule has 0 spiro atoms. The van der Waals surface area contributed by atoms with Gasteiger partial charge >= 0.3 is 12.3 Å². The minimum absolute atomic E-state index is 0.277. The Kier molecular flexibility index (Phi) is 8.90. The highest BCUT2D eigenvalue weighted by Gasteiger charge is 2.31. The molecule has 8 nitrogen and oxygen atoms in total. The van der Waals surface area contributed by atoms with Crippen molar-refractivity contribution in [2.24, 2.45) is 0 Å². The van der Waals surface area contributed by atoms with Crippen LogP contribution in [0.2, 0.25) is 0 Å². The number of ether oxygens (including phenoxy) is 2. The van der Waals surface area contributed by atoms with Crippen molar-refractivity contribution in [3.05, 3.63) is 71.4 Å². The van der Waals surface area contributed by atoms with E-state index in [0.717, 1.165) is 49.7 Å². The van der Waals surface area contributed by atoms with Crippen molar-refractivity contribution in [2.75, 3.05) is 13.7 Å². The second-order valence-corrected chi connectivity index (χ2v) is 9.47. The molecule has 11 heteroatoms. The van der Waals surface area contributed by atoms with Gasteiger partial charge in [-0.3, -0.25) is 9.48 Å². The Morgan fingerprint density at radius 2 is 1.74 bits per heavy atom. The lowest BCUT2D eigenvalue weighted by atomic mass is 9.87. The summed E-state index contributed by atoms with van der Waals surface area (Å²) in [5.41, 5.74) is 3.64. The molecule has 2 aromatic carbocycles. The van der Waals surface area contributed by atoms with E-state index in [2.05, 4.69) is 14.8 Å². The molecule has 0 saturated heterocycles. The van der Waals surface area contributed by atoms with Crippen LogP contribution in [0.4, 0.5) is 13.2 Å². The van der Waals surface area contributed by atoms with Crippen molar-refractivity contribution in [1.29, 1.82) is 0 Å². The van der Waals surface area contributed by atoms with E-state index >= 15 is 0 Å². The van der Waals surface area contributed by atoms with Crippen LogP contribution < -0.4 is 10.1 Å². The Morgan fingerprint density at radius 3 is 2.36 bits per heavy atom. The quantitative estimate of drug-likeness (QED) is 0.374. The summed E-state index contributed by atoms with van der Waals surface area (Å²) in [7, 11) is 1.15. The molecule has 2 N–H and O–H groups in total. The Labute approximate surface area is 223 Å². The molecule has 0 aliphatic heterocycles. The van der Waals surface area contributed by atoms with Gasteiger partial charge in [-0.25, -0.2) is 4.79 Å². The summed E-state index contributed by atoms with van der Waals surface area (Å²) >= 11 is 0. The van der Waals surface area contributed by atoms with Gasteiger partial charge in [0.05, 0.1) is 31.6 Å². The summed E-state index contributed by atoms with van der Waals surface area (Å²) in [6.45, 7) is 0.104. The highest BCUT2D eigenvalue weighted by Crippen LogP contribution is 2.35. The van der Waals surface area contributed by atoms with Crippen molar-refractivity contribution in [1.82, 2.24) is 15.1 Å². The first kappa shape index (κ1) is 28.2. The summed E-state index contributed by atoms with van der Waals surface area (Å²) in [5, 5.41) is 17.0. The number of methoxy groups -OCH3 is 1. The maximum atomic E-state index is 12.6.